The van der Waals surface area contributed by atoms with Crippen molar-refractivity contribution < 1.29 is 23.1 Å². The number of aliphatic hydroxyl groups is 1. The molecule has 1 saturated carbocycles. The lowest BCUT2D eigenvalue weighted by atomic mass is 9.89. The van der Waals surface area contributed by atoms with Crippen LogP contribution in [0, 0.1) is 17.5 Å². The van der Waals surface area contributed by atoms with E-state index in [1.54, 1.807) is 0 Å². The molecule has 0 spiro atoms. The average Bonchev–Trinajstić information content (AvgIpc) is 2.13. The van der Waals surface area contributed by atoms with Crippen LogP contribution in [0.5, 0.6) is 0 Å². The first-order valence-electron chi connectivity index (χ1n) is 5.11. The minimum absolute atomic E-state index is 0.290. The molecule has 1 aliphatic carbocycles. The van der Waals surface area contributed by atoms with E-state index in [4.69, 9.17) is 5.11 Å². The maximum absolute atomic E-state index is 13.2. The molecule has 0 atom stereocenters. The zero-order valence-electron chi connectivity index (χ0n) is 8.71. The van der Waals surface area contributed by atoms with Crippen molar-refractivity contribution in [2.75, 3.05) is 0 Å². The summed E-state index contributed by atoms with van der Waals surface area (Å²) in [5.41, 5.74) is -0.798. The number of rotatable bonds is 2. The van der Waals surface area contributed by atoms with Crippen molar-refractivity contribution in [3.63, 3.8) is 0 Å². The molecular formula is C11H10F3NO2. The van der Waals surface area contributed by atoms with Crippen LogP contribution in [0.2, 0.25) is 0 Å². The minimum atomic E-state index is -1.24. The first kappa shape index (κ1) is 11.9. The van der Waals surface area contributed by atoms with Crippen LogP contribution >= 0.6 is 0 Å². The van der Waals surface area contributed by atoms with Gasteiger partial charge in [0.15, 0.2) is 0 Å². The number of halogens is 3. The van der Waals surface area contributed by atoms with Crippen molar-refractivity contribution in [3.8, 4) is 0 Å². The summed E-state index contributed by atoms with van der Waals surface area (Å²) in [5.74, 6) is -4.48. The molecular weight excluding hydrogens is 235 g/mol. The van der Waals surface area contributed by atoms with Gasteiger partial charge in [-0.1, -0.05) is 0 Å². The van der Waals surface area contributed by atoms with Crippen molar-refractivity contribution in [1.29, 1.82) is 0 Å². The fraction of sp³-hybridized carbons (Fsp3) is 0.364. The Labute approximate surface area is 95.3 Å². The molecule has 0 aliphatic heterocycles. The molecule has 6 heteroatoms. The topological polar surface area (TPSA) is 49.3 Å². The molecule has 1 fully saturated rings. The second-order valence-electron chi connectivity index (χ2n) is 4.04. The van der Waals surface area contributed by atoms with Gasteiger partial charge in [-0.2, -0.15) is 0 Å². The first-order chi connectivity index (χ1) is 7.97. The lowest BCUT2D eigenvalue weighted by Crippen LogP contribution is -2.47. The monoisotopic (exact) mass is 245 g/mol. The van der Waals surface area contributed by atoms with Crippen LogP contribution in [-0.2, 0) is 0 Å². The molecule has 17 heavy (non-hydrogen) atoms. The number of hydrogen-bond donors (Lipinski definition) is 2. The molecule has 1 aliphatic rings. The van der Waals surface area contributed by atoms with E-state index in [0.717, 1.165) is 0 Å². The number of aliphatic hydroxyl groups excluding tert-OH is 1. The van der Waals surface area contributed by atoms with Crippen LogP contribution in [0.1, 0.15) is 23.2 Å². The van der Waals surface area contributed by atoms with Crippen molar-refractivity contribution in [3.05, 3.63) is 35.1 Å². The van der Waals surface area contributed by atoms with E-state index in [0.29, 0.717) is 25.0 Å². The number of carbonyl (C=O) groups is 1. The molecule has 0 aromatic heterocycles. The second kappa shape index (κ2) is 4.37. The fourth-order valence-electron chi connectivity index (χ4n) is 1.72. The zero-order chi connectivity index (χ0) is 12.6. The standard InChI is InChI=1S/C11H10F3NO2/c12-5-1-8(13)10(9(14)2-5)11(17)15-6-3-7(16)4-6/h1-2,6-7,16H,3-4H2,(H,15,17). The van der Waals surface area contributed by atoms with Gasteiger partial charge in [0.05, 0.1) is 6.10 Å². The third-order valence-corrected chi connectivity index (χ3v) is 2.68. The largest absolute Gasteiger partial charge is 0.393 e. The molecule has 0 unspecified atom stereocenters. The summed E-state index contributed by atoms with van der Waals surface area (Å²) in [7, 11) is 0. The highest BCUT2D eigenvalue weighted by atomic mass is 19.1. The van der Waals surface area contributed by atoms with Crippen LogP contribution < -0.4 is 5.32 Å². The maximum Gasteiger partial charge on any atom is 0.257 e. The molecule has 92 valence electrons. The Morgan fingerprint density at radius 3 is 2.24 bits per heavy atom. The Balaban J connectivity index is 2.14. The average molecular weight is 245 g/mol. The number of nitrogens with one attached hydrogen (secondary N) is 1. The fourth-order valence-corrected chi connectivity index (χ4v) is 1.72. The summed E-state index contributed by atoms with van der Waals surface area (Å²) in [6, 6.07) is 0.614. The van der Waals surface area contributed by atoms with E-state index in [1.807, 2.05) is 0 Å². The molecule has 1 aromatic rings. The van der Waals surface area contributed by atoms with E-state index in [2.05, 4.69) is 5.32 Å². The van der Waals surface area contributed by atoms with Crippen molar-refractivity contribution in [2.45, 2.75) is 25.0 Å². The summed E-state index contributed by atoms with van der Waals surface area (Å²) < 4.78 is 39.1. The minimum Gasteiger partial charge on any atom is -0.393 e. The lowest BCUT2D eigenvalue weighted by molar-refractivity contribution is 0.0559. The second-order valence-corrected chi connectivity index (χ2v) is 4.04. The van der Waals surface area contributed by atoms with Gasteiger partial charge in [-0.15, -0.1) is 0 Å². The van der Waals surface area contributed by atoms with Crippen LogP contribution in [0.15, 0.2) is 12.1 Å². The quantitative estimate of drug-likeness (QED) is 0.826. The number of amides is 1. The van der Waals surface area contributed by atoms with Gasteiger partial charge in [0.25, 0.3) is 5.91 Å². The van der Waals surface area contributed by atoms with Gasteiger partial charge in [-0.3, -0.25) is 4.79 Å². The molecule has 1 aromatic carbocycles. The van der Waals surface area contributed by atoms with E-state index >= 15 is 0 Å². The molecule has 0 heterocycles. The van der Waals surface area contributed by atoms with Gasteiger partial charge in [0.2, 0.25) is 0 Å². The van der Waals surface area contributed by atoms with Gasteiger partial charge in [-0.05, 0) is 12.8 Å². The van der Waals surface area contributed by atoms with Crippen molar-refractivity contribution >= 4 is 5.91 Å². The molecule has 0 saturated heterocycles. The van der Waals surface area contributed by atoms with E-state index < -0.39 is 35.0 Å². The van der Waals surface area contributed by atoms with E-state index in [-0.39, 0.29) is 6.04 Å². The van der Waals surface area contributed by atoms with Crippen LogP contribution in [-0.4, -0.2) is 23.2 Å². The maximum atomic E-state index is 13.2. The number of hydrogen-bond acceptors (Lipinski definition) is 2. The van der Waals surface area contributed by atoms with Gasteiger partial charge >= 0.3 is 0 Å². The molecule has 2 rings (SSSR count). The third-order valence-electron chi connectivity index (χ3n) is 2.68. The molecule has 2 N–H and O–H groups in total. The SMILES string of the molecule is O=C(NC1CC(O)C1)c1c(F)cc(F)cc1F. The molecule has 0 bridgehead atoms. The third kappa shape index (κ3) is 2.41. The van der Waals surface area contributed by atoms with Crippen LogP contribution in [0.3, 0.4) is 0 Å². The molecule has 3 nitrogen and oxygen atoms in total. The van der Waals surface area contributed by atoms with Gasteiger partial charge in [0.1, 0.15) is 23.0 Å². The smallest absolute Gasteiger partial charge is 0.257 e. The number of benzene rings is 1. The predicted octanol–water partition coefficient (Wildman–Crippen LogP) is 1.36. The highest BCUT2D eigenvalue weighted by Crippen LogP contribution is 2.21. The van der Waals surface area contributed by atoms with Crippen molar-refractivity contribution in [1.82, 2.24) is 5.32 Å². The Hall–Kier alpha value is -1.56. The van der Waals surface area contributed by atoms with E-state index in [1.165, 1.54) is 0 Å². The predicted molar refractivity (Wildman–Crippen MR) is 52.8 cm³/mol. The number of carbonyl (C=O) groups excluding carboxylic acids is 1. The summed E-state index contributed by atoms with van der Waals surface area (Å²) >= 11 is 0. The highest BCUT2D eigenvalue weighted by molar-refractivity contribution is 5.95. The van der Waals surface area contributed by atoms with E-state index in [9.17, 15) is 18.0 Å². The van der Waals surface area contributed by atoms with Gasteiger partial charge < -0.3 is 10.4 Å². The summed E-state index contributed by atoms with van der Waals surface area (Å²) in [6.45, 7) is 0. The zero-order valence-corrected chi connectivity index (χ0v) is 8.71. The van der Waals surface area contributed by atoms with Crippen LogP contribution in [0.25, 0.3) is 0 Å². The normalized spacial score (nSPS) is 23.1. The summed E-state index contributed by atoms with van der Waals surface area (Å²) in [5, 5.41) is 11.4. The highest BCUT2D eigenvalue weighted by Gasteiger charge is 2.30. The Kier molecular flexibility index (Phi) is 3.06. The van der Waals surface area contributed by atoms with Crippen molar-refractivity contribution in [2.24, 2.45) is 0 Å². The summed E-state index contributed by atoms with van der Waals surface area (Å²) in [4.78, 5) is 11.5. The molecule has 0 radical (unpaired) electrons. The molecule has 1 amide bonds. The van der Waals surface area contributed by atoms with Crippen LogP contribution in [0.4, 0.5) is 13.2 Å². The van der Waals surface area contributed by atoms with Gasteiger partial charge in [0, 0.05) is 18.2 Å². The Bertz CT molecular complexity index is 435. The Morgan fingerprint density at radius 2 is 1.76 bits per heavy atom. The summed E-state index contributed by atoms with van der Waals surface area (Å²) in [6.07, 6.45) is 0.231. The Morgan fingerprint density at radius 1 is 1.24 bits per heavy atom. The first-order valence-corrected chi connectivity index (χ1v) is 5.11. The lowest BCUT2D eigenvalue weighted by Gasteiger charge is -2.31. The van der Waals surface area contributed by atoms with Gasteiger partial charge in [-0.25, -0.2) is 13.2 Å².